The largest absolute Gasteiger partial charge is 0.309 e. The standard InChI is InChI=1S/C11H16N4S2/c1-4-12-9(11-8(3)14-15-17-11)5-10-13-7(2)6-16-10/h6,9,12H,4-5H2,1-3H3. The third kappa shape index (κ3) is 3.08. The lowest BCUT2D eigenvalue weighted by Crippen LogP contribution is -2.22. The second kappa shape index (κ2) is 5.66. The summed E-state index contributed by atoms with van der Waals surface area (Å²) in [6, 6.07) is 0.283. The highest BCUT2D eigenvalue weighted by Gasteiger charge is 2.18. The van der Waals surface area contributed by atoms with Crippen LogP contribution in [0.15, 0.2) is 5.38 Å². The lowest BCUT2D eigenvalue weighted by molar-refractivity contribution is 0.553. The van der Waals surface area contributed by atoms with Crippen LogP contribution in [0.3, 0.4) is 0 Å². The zero-order chi connectivity index (χ0) is 12.3. The van der Waals surface area contributed by atoms with Crippen molar-refractivity contribution in [2.24, 2.45) is 0 Å². The summed E-state index contributed by atoms with van der Waals surface area (Å²) in [4.78, 5) is 5.74. The summed E-state index contributed by atoms with van der Waals surface area (Å²) in [5.41, 5.74) is 2.12. The average Bonchev–Trinajstić information content (AvgIpc) is 2.87. The molecule has 0 radical (unpaired) electrons. The van der Waals surface area contributed by atoms with Gasteiger partial charge in [0.2, 0.25) is 0 Å². The van der Waals surface area contributed by atoms with Crippen molar-refractivity contribution in [3.05, 3.63) is 26.7 Å². The zero-order valence-electron chi connectivity index (χ0n) is 10.2. The number of hydrogen-bond donors (Lipinski definition) is 1. The summed E-state index contributed by atoms with van der Waals surface area (Å²) in [5.74, 6) is 0. The van der Waals surface area contributed by atoms with E-state index in [4.69, 9.17) is 0 Å². The third-order valence-electron chi connectivity index (χ3n) is 2.50. The monoisotopic (exact) mass is 268 g/mol. The van der Waals surface area contributed by atoms with Crippen LogP contribution in [-0.2, 0) is 6.42 Å². The first kappa shape index (κ1) is 12.6. The molecule has 0 spiro atoms. The van der Waals surface area contributed by atoms with Gasteiger partial charge in [-0.15, -0.1) is 16.4 Å². The maximum absolute atomic E-state index is 4.51. The normalized spacial score (nSPS) is 12.9. The first-order chi connectivity index (χ1) is 8.20. The molecule has 4 nitrogen and oxygen atoms in total. The SMILES string of the molecule is CCNC(Cc1nc(C)cs1)c1snnc1C. The Labute approximate surface area is 109 Å². The molecule has 17 heavy (non-hydrogen) atoms. The van der Waals surface area contributed by atoms with E-state index in [0.717, 1.165) is 24.4 Å². The summed E-state index contributed by atoms with van der Waals surface area (Å²) < 4.78 is 4.01. The van der Waals surface area contributed by atoms with Gasteiger partial charge >= 0.3 is 0 Å². The quantitative estimate of drug-likeness (QED) is 0.905. The van der Waals surface area contributed by atoms with Gasteiger partial charge in [0.15, 0.2) is 0 Å². The lowest BCUT2D eigenvalue weighted by Gasteiger charge is -2.14. The van der Waals surface area contributed by atoms with Crippen molar-refractivity contribution in [2.75, 3.05) is 6.54 Å². The second-order valence-electron chi connectivity index (χ2n) is 3.92. The smallest absolute Gasteiger partial charge is 0.0947 e. The molecule has 0 saturated carbocycles. The molecule has 0 fully saturated rings. The van der Waals surface area contributed by atoms with Crippen LogP contribution in [0.1, 0.15) is 34.2 Å². The van der Waals surface area contributed by atoms with Crippen molar-refractivity contribution in [1.82, 2.24) is 19.9 Å². The number of aryl methyl sites for hydroxylation is 2. The molecule has 0 amide bonds. The minimum Gasteiger partial charge on any atom is -0.309 e. The van der Waals surface area contributed by atoms with E-state index in [1.807, 2.05) is 13.8 Å². The number of nitrogens with one attached hydrogen (secondary N) is 1. The van der Waals surface area contributed by atoms with Crippen LogP contribution in [-0.4, -0.2) is 21.1 Å². The van der Waals surface area contributed by atoms with E-state index < -0.39 is 0 Å². The Morgan fingerprint density at radius 2 is 2.24 bits per heavy atom. The summed E-state index contributed by atoms with van der Waals surface area (Å²) >= 11 is 3.20. The van der Waals surface area contributed by atoms with Crippen LogP contribution < -0.4 is 5.32 Å². The van der Waals surface area contributed by atoms with E-state index in [1.165, 1.54) is 21.4 Å². The van der Waals surface area contributed by atoms with Gasteiger partial charge in [-0.25, -0.2) is 4.98 Å². The fourth-order valence-corrected chi connectivity index (χ4v) is 3.27. The van der Waals surface area contributed by atoms with E-state index in [1.54, 1.807) is 11.3 Å². The number of hydrogen-bond acceptors (Lipinski definition) is 6. The second-order valence-corrected chi connectivity index (χ2v) is 5.65. The molecule has 6 heteroatoms. The molecule has 0 saturated heterocycles. The zero-order valence-corrected chi connectivity index (χ0v) is 11.9. The average molecular weight is 268 g/mol. The summed E-state index contributed by atoms with van der Waals surface area (Å²) in [6.07, 6.45) is 0.914. The molecule has 2 aromatic heterocycles. The van der Waals surface area contributed by atoms with Crippen molar-refractivity contribution in [2.45, 2.75) is 33.2 Å². The Hall–Kier alpha value is -0.850. The van der Waals surface area contributed by atoms with E-state index in [0.29, 0.717) is 0 Å². The van der Waals surface area contributed by atoms with Gasteiger partial charge in [-0.2, -0.15) is 0 Å². The van der Waals surface area contributed by atoms with Gasteiger partial charge < -0.3 is 5.32 Å². The molecule has 1 N–H and O–H groups in total. The molecule has 1 atom stereocenters. The molecular weight excluding hydrogens is 252 g/mol. The molecular formula is C11H16N4S2. The number of nitrogens with zero attached hydrogens (tertiary/aromatic N) is 3. The maximum atomic E-state index is 4.51. The van der Waals surface area contributed by atoms with Crippen molar-refractivity contribution >= 4 is 22.9 Å². The molecule has 0 bridgehead atoms. The molecule has 0 aliphatic carbocycles. The van der Waals surface area contributed by atoms with Gasteiger partial charge in [0.1, 0.15) is 0 Å². The van der Waals surface area contributed by atoms with Crippen LogP contribution in [0.4, 0.5) is 0 Å². The van der Waals surface area contributed by atoms with E-state index in [-0.39, 0.29) is 6.04 Å². The number of aromatic nitrogens is 3. The fourth-order valence-electron chi connectivity index (χ4n) is 1.73. The van der Waals surface area contributed by atoms with Crippen LogP contribution in [0, 0.1) is 13.8 Å². The molecule has 2 rings (SSSR count). The van der Waals surface area contributed by atoms with Crippen molar-refractivity contribution < 1.29 is 0 Å². The van der Waals surface area contributed by atoms with Crippen molar-refractivity contribution in [3.63, 3.8) is 0 Å². The minimum absolute atomic E-state index is 0.283. The molecule has 0 aromatic carbocycles. The summed E-state index contributed by atoms with van der Waals surface area (Å²) in [7, 11) is 0. The Kier molecular flexibility index (Phi) is 4.20. The highest BCUT2D eigenvalue weighted by molar-refractivity contribution is 7.09. The van der Waals surface area contributed by atoms with Gasteiger partial charge in [0.05, 0.1) is 21.6 Å². The van der Waals surface area contributed by atoms with Crippen LogP contribution in [0.25, 0.3) is 0 Å². The molecule has 92 valence electrons. The maximum Gasteiger partial charge on any atom is 0.0947 e. The van der Waals surface area contributed by atoms with E-state index in [2.05, 4.69) is 32.2 Å². The predicted molar refractivity (Wildman–Crippen MR) is 71.6 cm³/mol. The van der Waals surface area contributed by atoms with Gasteiger partial charge in [0.25, 0.3) is 0 Å². The summed E-state index contributed by atoms with van der Waals surface area (Å²) in [6.45, 7) is 7.09. The van der Waals surface area contributed by atoms with E-state index in [9.17, 15) is 0 Å². The summed E-state index contributed by atoms with van der Waals surface area (Å²) in [5, 5.41) is 10.8. The van der Waals surface area contributed by atoms with Gasteiger partial charge in [-0.3, -0.25) is 0 Å². The minimum atomic E-state index is 0.283. The number of likely N-dealkylation sites (N-methyl/N-ethyl adjacent to an activating group) is 1. The molecule has 1 unspecified atom stereocenters. The van der Waals surface area contributed by atoms with Crippen molar-refractivity contribution in [1.29, 1.82) is 0 Å². The van der Waals surface area contributed by atoms with Crippen LogP contribution in [0.2, 0.25) is 0 Å². The van der Waals surface area contributed by atoms with Gasteiger partial charge in [-0.1, -0.05) is 11.4 Å². The highest BCUT2D eigenvalue weighted by atomic mass is 32.1. The number of rotatable bonds is 5. The Bertz CT molecular complexity index is 477. The Balaban J connectivity index is 2.15. The molecule has 0 aliphatic heterocycles. The first-order valence-corrected chi connectivity index (χ1v) is 7.29. The Morgan fingerprint density at radius 3 is 2.76 bits per heavy atom. The topological polar surface area (TPSA) is 50.7 Å². The Morgan fingerprint density at radius 1 is 1.41 bits per heavy atom. The van der Waals surface area contributed by atoms with Gasteiger partial charge in [-0.05, 0) is 31.9 Å². The first-order valence-electron chi connectivity index (χ1n) is 5.64. The molecule has 0 aliphatic rings. The van der Waals surface area contributed by atoms with E-state index >= 15 is 0 Å². The fraction of sp³-hybridized carbons (Fsp3) is 0.545. The van der Waals surface area contributed by atoms with Crippen molar-refractivity contribution in [3.8, 4) is 0 Å². The predicted octanol–water partition coefficient (Wildman–Crippen LogP) is 2.50. The van der Waals surface area contributed by atoms with Gasteiger partial charge in [0, 0.05) is 17.5 Å². The lowest BCUT2D eigenvalue weighted by atomic mass is 10.1. The number of thiazole rings is 1. The third-order valence-corrected chi connectivity index (χ3v) is 4.43. The molecule has 2 heterocycles. The molecule has 2 aromatic rings. The highest BCUT2D eigenvalue weighted by Crippen LogP contribution is 2.24. The van der Waals surface area contributed by atoms with Crippen LogP contribution in [0.5, 0.6) is 0 Å². The van der Waals surface area contributed by atoms with Crippen LogP contribution >= 0.6 is 22.9 Å².